The van der Waals surface area contributed by atoms with E-state index in [0.717, 1.165) is 28.3 Å². The van der Waals surface area contributed by atoms with Crippen molar-refractivity contribution in [1.82, 2.24) is 9.97 Å². The third-order valence-electron chi connectivity index (χ3n) is 2.54. The van der Waals surface area contributed by atoms with E-state index >= 15 is 0 Å². The quantitative estimate of drug-likeness (QED) is 0.844. The summed E-state index contributed by atoms with van der Waals surface area (Å²) in [5, 5.41) is 6.46. The number of anilines is 3. The highest BCUT2D eigenvalue weighted by atomic mass is 79.9. The average Bonchev–Trinajstić information content (AvgIpc) is 2.42. The number of aromatic nitrogens is 2. The summed E-state index contributed by atoms with van der Waals surface area (Å²) in [5.74, 6) is 2.15. The van der Waals surface area contributed by atoms with Gasteiger partial charge in [-0.1, -0.05) is 12.1 Å². The summed E-state index contributed by atoms with van der Waals surface area (Å²) in [6, 6.07) is 9.77. The molecule has 0 amide bonds. The van der Waals surface area contributed by atoms with E-state index in [1.54, 1.807) is 7.11 Å². The van der Waals surface area contributed by atoms with E-state index in [9.17, 15) is 0 Å². The molecule has 0 spiro atoms. The number of hydrogen-bond donors (Lipinski definition) is 2. The monoisotopic (exact) mass is 336 g/mol. The van der Waals surface area contributed by atoms with Gasteiger partial charge in [-0.3, -0.25) is 0 Å². The van der Waals surface area contributed by atoms with Crippen LogP contribution in [0.5, 0.6) is 0 Å². The largest absolute Gasteiger partial charge is 0.377 e. The molecule has 20 heavy (non-hydrogen) atoms. The number of nitrogens with one attached hydrogen (secondary N) is 2. The van der Waals surface area contributed by atoms with Gasteiger partial charge in [-0.2, -0.15) is 0 Å². The van der Waals surface area contributed by atoms with Crippen LogP contribution in [-0.4, -0.2) is 23.6 Å². The fourth-order valence-electron chi connectivity index (χ4n) is 1.73. The second-order valence-corrected chi connectivity index (χ2v) is 4.98. The van der Waals surface area contributed by atoms with Gasteiger partial charge < -0.3 is 15.4 Å². The second kappa shape index (κ2) is 7.21. The van der Waals surface area contributed by atoms with Gasteiger partial charge >= 0.3 is 0 Å². The molecular weight excluding hydrogens is 320 g/mol. The fourth-order valence-corrected chi connectivity index (χ4v) is 2.11. The van der Waals surface area contributed by atoms with E-state index in [1.165, 1.54) is 0 Å². The zero-order valence-corrected chi connectivity index (χ0v) is 13.1. The Morgan fingerprint density at radius 3 is 2.65 bits per heavy atom. The zero-order valence-electron chi connectivity index (χ0n) is 11.5. The molecule has 1 heterocycles. The van der Waals surface area contributed by atoms with E-state index in [-0.39, 0.29) is 0 Å². The number of benzene rings is 1. The molecule has 0 aliphatic rings. The van der Waals surface area contributed by atoms with Gasteiger partial charge in [0, 0.05) is 24.2 Å². The highest BCUT2D eigenvalue weighted by Crippen LogP contribution is 2.25. The SMILES string of the molecule is CCNc1cc(Nc2ccccc2Br)nc(COC)n1. The molecule has 2 aromatic rings. The minimum Gasteiger partial charge on any atom is -0.377 e. The molecule has 0 saturated heterocycles. The molecule has 2 N–H and O–H groups in total. The zero-order chi connectivity index (χ0) is 14.4. The van der Waals surface area contributed by atoms with Crippen LogP contribution in [0.3, 0.4) is 0 Å². The van der Waals surface area contributed by atoms with Gasteiger partial charge in [0.1, 0.15) is 18.2 Å². The lowest BCUT2D eigenvalue weighted by molar-refractivity contribution is 0.178. The van der Waals surface area contributed by atoms with Gasteiger partial charge in [0.15, 0.2) is 5.82 Å². The minimum atomic E-state index is 0.379. The summed E-state index contributed by atoms with van der Waals surface area (Å²) >= 11 is 3.51. The molecule has 0 aliphatic heterocycles. The maximum atomic E-state index is 5.10. The Morgan fingerprint density at radius 2 is 1.95 bits per heavy atom. The molecule has 0 bridgehead atoms. The van der Waals surface area contributed by atoms with Crippen molar-refractivity contribution in [3.63, 3.8) is 0 Å². The summed E-state index contributed by atoms with van der Waals surface area (Å²) in [6.45, 7) is 3.21. The molecule has 0 atom stereocenters. The summed E-state index contributed by atoms with van der Waals surface area (Å²) in [6.07, 6.45) is 0. The number of hydrogen-bond acceptors (Lipinski definition) is 5. The second-order valence-electron chi connectivity index (χ2n) is 4.12. The standard InChI is InChI=1S/C14H17BrN4O/c1-3-16-12-8-13(19-14(18-12)9-20-2)17-11-7-5-4-6-10(11)15/h4-8H,3,9H2,1-2H3,(H2,16,17,18,19). The van der Waals surface area contributed by atoms with Gasteiger partial charge in [-0.15, -0.1) is 0 Å². The van der Waals surface area contributed by atoms with Crippen molar-refractivity contribution in [2.75, 3.05) is 24.3 Å². The lowest BCUT2D eigenvalue weighted by Crippen LogP contribution is -2.07. The Labute approximate surface area is 126 Å². The maximum absolute atomic E-state index is 5.10. The first-order valence-corrected chi connectivity index (χ1v) is 7.14. The van der Waals surface area contributed by atoms with Crippen LogP contribution in [0.4, 0.5) is 17.3 Å². The summed E-state index contributed by atoms with van der Waals surface area (Å²) in [5.41, 5.74) is 0.956. The van der Waals surface area contributed by atoms with Crippen LogP contribution < -0.4 is 10.6 Å². The third kappa shape index (κ3) is 3.91. The Kier molecular flexibility index (Phi) is 5.31. The third-order valence-corrected chi connectivity index (χ3v) is 3.23. The highest BCUT2D eigenvalue weighted by Gasteiger charge is 2.06. The van der Waals surface area contributed by atoms with E-state index in [0.29, 0.717) is 12.4 Å². The molecule has 6 heteroatoms. The number of rotatable bonds is 6. The molecule has 0 unspecified atom stereocenters. The summed E-state index contributed by atoms with van der Waals surface area (Å²) in [4.78, 5) is 8.81. The molecule has 5 nitrogen and oxygen atoms in total. The number of ether oxygens (including phenoxy) is 1. The molecule has 106 valence electrons. The van der Waals surface area contributed by atoms with Crippen LogP contribution in [-0.2, 0) is 11.3 Å². The van der Waals surface area contributed by atoms with Crippen molar-refractivity contribution in [1.29, 1.82) is 0 Å². The van der Waals surface area contributed by atoms with Gasteiger partial charge in [0.25, 0.3) is 0 Å². The number of halogens is 1. The van der Waals surface area contributed by atoms with Gasteiger partial charge in [-0.05, 0) is 35.0 Å². The van der Waals surface area contributed by atoms with Crippen LogP contribution in [0.25, 0.3) is 0 Å². The Bertz CT molecular complexity index is 553. The van der Waals surface area contributed by atoms with E-state index < -0.39 is 0 Å². The van der Waals surface area contributed by atoms with Crippen molar-refractivity contribution < 1.29 is 4.74 Å². The topological polar surface area (TPSA) is 59.1 Å². The van der Waals surface area contributed by atoms with Crippen LogP contribution >= 0.6 is 15.9 Å². The molecule has 0 saturated carbocycles. The van der Waals surface area contributed by atoms with Gasteiger partial charge in [0.2, 0.25) is 0 Å². The van der Waals surface area contributed by atoms with Crippen molar-refractivity contribution in [2.24, 2.45) is 0 Å². The van der Waals surface area contributed by atoms with Crippen molar-refractivity contribution in [2.45, 2.75) is 13.5 Å². The van der Waals surface area contributed by atoms with E-state index in [4.69, 9.17) is 4.74 Å². The Morgan fingerprint density at radius 1 is 1.20 bits per heavy atom. The summed E-state index contributed by atoms with van der Waals surface area (Å²) < 4.78 is 6.08. The van der Waals surface area contributed by atoms with Crippen LogP contribution in [0.2, 0.25) is 0 Å². The van der Waals surface area contributed by atoms with Crippen LogP contribution in [0.1, 0.15) is 12.7 Å². The Hall–Kier alpha value is -1.66. The predicted octanol–water partition coefficient (Wildman–Crippen LogP) is 3.56. The first-order chi connectivity index (χ1) is 9.72. The molecule has 1 aromatic heterocycles. The number of methoxy groups -OCH3 is 1. The maximum Gasteiger partial charge on any atom is 0.158 e. The highest BCUT2D eigenvalue weighted by molar-refractivity contribution is 9.10. The summed E-state index contributed by atoms with van der Waals surface area (Å²) in [7, 11) is 1.63. The van der Waals surface area contributed by atoms with Crippen molar-refractivity contribution in [3.05, 3.63) is 40.6 Å². The van der Waals surface area contributed by atoms with Crippen molar-refractivity contribution in [3.8, 4) is 0 Å². The van der Waals surface area contributed by atoms with Crippen LogP contribution in [0.15, 0.2) is 34.8 Å². The first-order valence-electron chi connectivity index (χ1n) is 6.35. The smallest absolute Gasteiger partial charge is 0.158 e. The normalized spacial score (nSPS) is 10.3. The Balaban J connectivity index is 2.28. The van der Waals surface area contributed by atoms with Crippen LogP contribution in [0, 0.1) is 0 Å². The molecule has 0 radical (unpaired) electrons. The molecule has 0 aliphatic carbocycles. The van der Waals surface area contributed by atoms with Crippen molar-refractivity contribution >= 4 is 33.3 Å². The van der Waals surface area contributed by atoms with E-state index in [2.05, 4.69) is 36.5 Å². The van der Waals surface area contributed by atoms with Gasteiger partial charge in [0.05, 0.1) is 5.69 Å². The average molecular weight is 337 g/mol. The molecule has 1 aromatic carbocycles. The molecule has 0 fully saturated rings. The first kappa shape index (κ1) is 14.7. The van der Waals surface area contributed by atoms with E-state index in [1.807, 2.05) is 37.3 Å². The molecular formula is C14H17BrN4O. The lowest BCUT2D eigenvalue weighted by atomic mass is 10.3. The predicted molar refractivity (Wildman–Crippen MR) is 84.3 cm³/mol. The fraction of sp³-hybridized carbons (Fsp3) is 0.286. The minimum absolute atomic E-state index is 0.379. The molecule has 2 rings (SSSR count). The van der Waals surface area contributed by atoms with Gasteiger partial charge in [-0.25, -0.2) is 9.97 Å². The number of nitrogens with zero attached hydrogens (tertiary/aromatic N) is 2. The lowest BCUT2D eigenvalue weighted by Gasteiger charge is -2.11. The number of para-hydroxylation sites is 1.